The van der Waals surface area contributed by atoms with Crippen molar-refractivity contribution in [2.45, 2.75) is 6.04 Å². The molecule has 1 fully saturated rings. The van der Waals surface area contributed by atoms with E-state index in [1.165, 1.54) is 0 Å². The Kier molecular flexibility index (Phi) is 4.18. The summed E-state index contributed by atoms with van der Waals surface area (Å²) in [6, 6.07) is 14.2. The van der Waals surface area contributed by atoms with Gasteiger partial charge in [-0.1, -0.05) is 36.4 Å². The van der Waals surface area contributed by atoms with Crippen LogP contribution in [0.2, 0.25) is 0 Å². The number of nitrogens with zero attached hydrogens (tertiary/aromatic N) is 3. The lowest BCUT2D eigenvalue weighted by Gasteiger charge is -2.33. The van der Waals surface area contributed by atoms with E-state index in [2.05, 4.69) is 46.1 Å². The number of hydrogen-bond donors (Lipinski definition) is 1. The van der Waals surface area contributed by atoms with Gasteiger partial charge in [-0.2, -0.15) is 0 Å². The molecule has 2 aromatic rings. The van der Waals surface area contributed by atoms with Crippen molar-refractivity contribution >= 4 is 5.82 Å². The van der Waals surface area contributed by atoms with Crippen LogP contribution in [0.3, 0.4) is 0 Å². The number of nitrogens with two attached hydrogens (primary N) is 1. The molecule has 0 saturated carbocycles. The molecule has 110 valence electrons. The van der Waals surface area contributed by atoms with Crippen molar-refractivity contribution in [1.82, 2.24) is 9.88 Å². The van der Waals surface area contributed by atoms with Crippen LogP contribution in [0, 0.1) is 0 Å². The Bertz CT molecular complexity index is 559. The van der Waals surface area contributed by atoms with Gasteiger partial charge < -0.3 is 15.5 Å². The molecule has 1 saturated heterocycles. The molecule has 1 atom stereocenters. The molecule has 3 rings (SSSR count). The molecule has 4 heteroatoms. The summed E-state index contributed by atoms with van der Waals surface area (Å²) in [5.74, 6) is 1.05. The highest BCUT2D eigenvalue weighted by atomic mass is 15.3. The van der Waals surface area contributed by atoms with Crippen LogP contribution in [-0.2, 0) is 0 Å². The summed E-state index contributed by atoms with van der Waals surface area (Å²) >= 11 is 0. The van der Waals surface area contributed by atoms with Gasteiger partial charge in [0.2, 0.25) is 0 Å². The Hall–Kier alpha value is -1.91. The molecule has 0 aliphatic carbocycles. The van der Waals surface area contributed by atoms with Crippen LogP contribution < -0.4 is 10.6 Å². The fraction of sp³-hybridized carbons (Fsp3) is 0.353. The van der Waals surface area contributed by atoms with E-state index < -0.39 is 0 Å². The number of hydrogen-bond acceptors (Lipinski definition) is 4. The van der Waals surface area contributed by atoms with Crippen molar-refractivity contribution in [2.24, 2.45) is 5.73 Å². The summed E-state index contributed by atoms with van der Waals surface area (Å²) < 4.78 is 0. The molecule has 1 aromatic carbocycles. The maximum atomic E-state index is 6.30. The number of anilines is 1. The lowest BCUT2D eigenvalue weighted by Crippen LogP contribution is -2.44. The average molecular weight is 282 g/mol. The Labute approximate surface area is 126 Å². The second-order valence-electron chi connectivity index (χ2n) is 5.63. The molecule has 21 heavy (non-hydrogen) atoms. The zero-order valence-electron chi connectivity index (χ0n) is 12.4. The third kappa shape index (κ3) is 3.23. The largest absolute Gasteiger partial charge is 0.354 e. The van der Waals surface area contributed by atoms with Crippen LogP contribution in [-0.4, -0.2) is 43.1 Å². The van der Waals surface area contributed by atoms with E-state index in [0.29, 0.717) is 0 Å². The summed E-state index contributed by atoms with van der Waals surface area (Å²) in [6.45, 7) is 4.25. The summed E-state index contributed by atoms with van der Waals surface area (Å²) in [7, 11) is 2.16. The van der Waals surface area contributed by atoms with Gasteiger partial charge in [0.1, 0.15) is 5.82 Å². The Morgan fingerprint density at radius 2 is 1.67 bits per heavy atom. The molecule has 1 aliphatic heterocycles. The van der Waals surface area contributed by atoms with Gasteiger partial charge in [0.15, 0.2) is 0 Å². The van der Waals surface area contributed by atoms with Gasteiger partial charge in [0, 0.05) is 32.4 Å². The molecule has 2 N–H and O–H groups in total. The second-order valence-corrected chi connectivity index (χ2v) is 5.63. The lowest BCUT2D eigenvalue weighted by atomic mass is 10.0. The Balaban J connectivity index is 1.72. The fourth-order valence-corrected chi connectivity index (χ4v) is 2.66. The van der Waals surface area contributed by atoms with E-state index >= 15 is 0 Å². The number of likely N-dealkylation sites (N-methyl/N-ethyl adjacent to an activating group) is 1. The third-order valence-electron chi connectivity index (χ3n) is 4.12. The minimum absolute atomic E-state index is 0.111. The molecule has 2 heterocycles. The van der Waals surface area contributed by atoms with Gasteiger partial charge in [-0.05, 0) is 24.2 Å². The number of piperazine rings is 1. The fourth-order valence-electron chi connectivity index (χ4n) is 2.66. The molecule has 1 aromatic heterocycles. The van der Waals surface area contributed by atoms with E-state index in [9.17, 15) is 0 Å². The quantitative estimate of drug-likeness (QED) is 0.933. The maximum absolute atomic E-state index is 6.30. The highest BCUT2D eigenvalue weighted by Crippen LogP contribution is 2.21. The highest BCUT2D eigenvalue weighted by Gasteiger charge is 2.16. The van der Waals surface area contributed by atoms with Gasteiger partial charge in [-0.3, -0.25) is 0 Å². The van der Waals surface area contributed by atoms with Crippen LogP contribution in [0.5, 0.6) is 0 Å². The average Bonchev–Trinajstić information content (AvgIpc) is 2.56. The Morgan fingerprint density at radius 3 is 2.29 bits per heavy atom. The van der Waals surface area contributed by atoms with Crippen LogP contribution in [0.15, 0.2) is 48.7 Å². The van der Waals surface area contributed by atoms with Crippen LogP contribution >= 0.6 is 0 Å². The summed E-state index contributed by atoms with van der Waals surface area (Å²) in [6.07, 6.45) is 1.91. The number of aromatic nitrogens is 1. The maximum Gasteiger partial charge on any atom is 0.128 e. The first-order valence-corrected chi connectivity index (χ1v) is 7.44. The molecule has 0 amide bonds. The molecule has 1 unspecified atom stereocenters. The zero-order chi connectivity index (χ0) is 14.7. The zero-order valence-corrected chi connectivity index (χ0v) is 12.4. The molecule has 4 nitrogen and oxygen atoms in total. The van der Waals surface area contributed by atoms with E-state index in [1.807, 2.05) is 24.4 Å². The topological polar surface area (TPSA) is 45.4 Å². The van der Waals surface area contributed by atoms with Gasteiger partial charge in [-0.25, -0.2) is 4.98 Å². The number of benzene rings is 1. The van der Waals surface area contributed by atoms with Crippen molar-refractivity contribution in [3.05, 3.63) is 59.8 Å². The number of rotatable bonds is 3. The van der Waals surface area contributed by atoms with E-state index in [-0.39, 0.29) is 6.04 Å². The lowest BCUT2D eigenvalue weighted by molar-refractivity contribution is 0.312. The molecule has 1 aliphatic rings. The molecular formula is C17H22N4. The first-order chi connectivity index (χ1) is 10.2. The minimum Gasteiger partial charge on any atom is -0.354 e. The van der Waals surface area contributed by atoms with E-state index in [1.54, 1.807) is 0 Å². The normalized spacial score (nSPS) is 17.7. The van der Waals surface area contributed by atoms with Gasteiger partial charge >= 0.3 is 0 Å². The second kappa shape index (κ2) is 6.24. The van der Waals surface area contributed by atoms with Gasteiger partial charge in [-0.15, -0.1) is 0 Å². The van der Waals surface area contributed by atoms with Crippen LogP contribution in [0.4, 0.5) is 5.82 Å². The Morgan fingerprint density at radius 1 is 0.952 bits per heavy atom. The summed E-state index contributed by atoms with van der Waals surface area (Å²) in [5, 5.41) is 0. The molecular weight excluding hydrogens is 260 g/mol. The third-order valence-corrected chi connectivity index (χ3v) is 4.12. The minimum atomic E-state index is -0.111. The predicted octanol–water partition coefficient (Wildman–Crippen LogP) is 1.88. The summed E-state index contributed by atoms with van der Waals surface area (Å²) in [4.78, 5) is 9.28. The predicted molar refractivity (Wildman–Crippen MR) is 86.4 cm³/mol. The van der Waals surface area contributed by atoms with Crippen molar-refractivity contribution in [3.8, 4) is 0 Å². The standard InChI is InChI=1S/C17H22N4/c1-20-9-11-21(12-10-20)16-8-7-15(13-19-16)17(18)14-5-3-2-4-6-14/h2-8,13,17H,9-12,18H2,1H3. The summed E-state index contributed by atoms with van der Waals surface area (Å²) in [5.41, 5.74) is 8.47. The van der Waals surface area contributed by atoms with E-state index in [0.717, 1.165) is 43.1 Å². The SMILES string of the molecule is CN1CCN(c2ccc(C(N)c3ccccc3)cn2)CC1. The molecule has 0 spiro atoms. The van der Waals surface area contributed by atoms with Crippen molar-refractivity contribution < 1.29 is 0 Å². The molecule has 0 bridgehead atoms. The first-order valence-electron chi connectivity index (χ1n) is 7.44. The highest BCUT2D eigenvalue weighted by molar-refractivity contribution is 5.41. The van der Waals surface area contributed by atoms with Crippen molar-refractivity contribution in [1.29, 1.82) is 0 Å². The smallest absolute Gasteiger partial charge is 0.128 e. The van der Waals surface area contributed by atoms with Crippen molar-refractivity contribution in [3.63, 3.8) is 0 Å². The van der Waals surface area contributed by atoms with Gasteiger partial charge in [0.05, 0.1) is 6.04 Å². The molecule has 0 radical (unpaired) electrons. The van der Waals surface area contributed by atoms with Gasteiger partial charge in [0.25, 0.3) is 0 Å². The monoisotopic (exact) mass is 282 g/mol. The van der Waals surface area contributed by atoms with Crippen LogP contribution in [0.1, 0.15) is 17.2 Å². The first kappa shape index (κ1) is 14.0. The number of pyridine rings is 1. The van der Waals surface area contributed by atoms with E-state index in [4.69, 9.17) is 5.73 Å². The van der Waals surface area contributed by atoms with Crippen molar-refractivity contribution in [2.75, 3.05) is 38.1 Å². The van der Waals surface area contributed by atoms with Crippen LogP contribution in [0.25, 0.3) is 0 Å².